The molecule has 0 radical (unpaired) electrons. The molecule has 2 aliphatic heterocycles. The number of nitrogens with zero attached hydrogens (tertiary/aromatic N) is 2. The predicted octanol–water partition coefficient (Wildman–Crippen LogP) is 4.92. The van der Waals surface area contributed by atoms with E-state index in [1.54, 1.807) is 23.1 Å². The standard InChI is InChI=1S/C26H19ClN2O6S/c27-20-11-16(5-7-19(20)25(32)33)21-8-6-18(35-21)12-22-24(31)29(26(34)36-22)14-23(30)28-10-9-15-3-1-2-4-17(15)13-28/h1-8,11-12H,9-10,13-14H2,(H,32,33)/b22-12-. The van der Waals surface area contributed by atoms with Crippen molar-refractivity contribution in [2.75, 3.05) is 13.1 Å². The quantitative estimate of drug-likeness (QED) is 0.474. The van der Waals surface area contributed by atoms with Crippen molar-refractivity contribution in [1.29, 1.82) is 0 Å². The molecule has 1 N–H and O–H groups in total. The normalized spacial score (nSPS) is 16.5. The average molecular weight is 523 g/mol. The van der Waals surface area contributed by atoms with Crippen molar-refractivity contribution >= 4 is 52.5 Å². The SMILES string of the molecule is O=C(O)c1ccc(-c2ccc(/C=C3\SC(=O)N(CC(=O)N4CCc5ccccc5C4)C3=O)o2)cc1Cl. The van der Waals surface area contributed by atoms with Crippen molar-refractivity contribution < 1.29 is 28.7 Å². The Morgan fingerprint density at radius 1 is 1.08 bits per heavy atom. The maximum absolute atomic E-state index is 12.9. The topological polar surface area (TPSA) is 108 Å². The van der Waals surface area contributed by atoms with E-state index in [0.717, 1.165) is 28.6 Å². The molecule has 36 heavy (non-hydrogen) atoms. The molecule has 0 spiro atoms. The fourth-order valence-corrected chi connectivity index (χ4v) is 5.22. The third-order valence-corrected chi connectivity index (χ3v) is 7.25. The van der Waals surface area contributed by atoms with Gasteiger partial charge in [-0.1, -0.05) is 41.9 Å². The lowest BCUT2D eigenvalue weighted by atomic mass is 10.00. The molecule has 10 heteroatoms. The number of furan rings is 1. The molecule has 3 aromatic rings. The number of carbonyl (C=O) groups excluding carboxylic acids is 3. The predicted molar refractivity (Wildman–Crippen MR) is 134 cm³/mol. The zero-order valence-corrected chi connectivity index (χ0v) is 20.3. The van der Waals surface area contributed by atoms with E-state index >= 15 is 0 Å². The Morgan fingerprint density at radius 2 is 1.86 bits per heavy atom. The molecule has 0 atom stereocenters. The molecule has 3 amide bonds. The van der Waals surface area contributed by atoms with Crippen LogP contribution in [0, 0.1) is 0 Å². The number of halogens is 1. The van der Waals surface area contributed by atoms with Gasteiger partial charge in [0.25, 0.3) is 11.1 Å². The van der Waals surface area contributed by atoms with Gasteiger partial charge in [-0.05, 0) is 53.6 Å². The number of carboxylic acids is 1. The zero-order valence-electron chi connectivity index (χ0n) is 18.8. The smallest absolute Gasteiger partial charge is 0.337 e. The lowest BCUT2D eigenvalue weighted by Gasteiger charge is -2.29. The second-order valence-electron chi connectivity index (χ2n) is 8.30. The number of amides is 3. The Balaban J connectivity index is 1.27. The van der Waals surface area contributed by atoms with Gasteiger partial charge in [-0.25, -0.2) is 4.79 Å². The van der Waals surface area contributed by atoms with Crippen LogP contribution >= 0.6 is 23.4 Å². The summed E-state index contributed by atoms with van der Waals surface area (Å²) in [5, 5.41) is 8.68. The summed E-state index contributed by atoms with van der Waals surface area (Å²) in [7, 11) is 0. The van der Waals surface area contributed by atoms with Crippen molar-refractivity contribution in [1.82, 2.24) is 9.80 Å². The first-order valence-corrected chi connectivity index (χ1v) is 12.2. The molecule has 5 rings (SSSR count). The minimum atomic E-state index is -1.13. The Hall–Kier alpha value is -3.82. The zero-order chi connectivity index (χ0) is 25.4. The number of rotatable bonds is 5. The second-order valence-corrected chi connectivity index (χ2v) is 9.70. The van der Waals surface area contributed by atoms with E-state index in [4.69, 9.17) is 21.1 Å². The summed E-state index contributed by atoms with van der Waals surface area (Å²) in [6, 6.07) is 15.6. The van der Waals surface area contributed by atoms with Gasteiger partial charge in [0.05, 0.1) is 15.5 Å². The summed E-state index contributed by atoms with van der Waals surface area (Å²) >= 11 is 6.78. The molecular weight excluding hydrogens is 504 g/mol. The van der Waals surface area contributed by atoms with E-state index < -0.39 is 17.1 Å². The number of fused-ring (bicyclic) bond motifs is 1. The van der Waals surface area contributed by atoms with Gasteiger partial charge in [0.2, 0.25) is 5.91 Å². The van der Waals surface area contributed by atoms with Gasteiger partial charge in [-0.15, -0.1) is 0 Å². The highest BCUT2D eigenvalue weighted by molar-refractivity contribution is 8.18. The lowest BCUT2D eigenvalue weighted by Crippen LogP contribution is -2.44. The van der Waals surface area contributed by atoms with Crippen LogP contribution in [0.25, 0.3) is 17.4 Å². The van der Waals surface area contributed by atoms with Crippen LogP contribution in [0.15, 0.2) is 63.9 Å². The van der Waals surface area contributed by atoms with Crippen LogP contribution in [0.2, 0.25) is 5.02 Å². The van der Waals surface area contributed by atoms with Crippen molar-refractivity contribution in [2.24, 2.45) is 0 Å². The molecule has 1 fully saturated rings. The monoisotopic (exact) mass is 522 g/mol. The van der Waals surface area contributed by atoms with E-state index in [1.807, 2.05) is 24.3 Å². The molecule has 1 aromatic heterocycles. The fourth-order valence-electron chi connectivity index (χ4n) is 4.14. The number of thioether (sulfide) groups is 1. The third kappa shape index (κ3) is 4.67. The molecule has 8 nitrogen and oxygen atoms in total. The molecule has 0 saturated carbocycles. The van der Waals surface area contributed by atoms with Gasteiger partial charge in [0.1, 0.15) is 18.1 Å². The Morgan fingerprint density at radius 3 is 2.61 bits per heavy atom. The summed E-state index contributed by atoms with van der Waals surface area (Å²) in [6.45, 7) is 0.671. The van der Waals surface area contributed by atoms with Crippen molar-refractivity contribution in [3.8, 4) is 11.3 Å². The van der Waals surface area contributed by atoms with Crippen molar-refractivity contribution in [3.63, 3.8) is 0 Å². The number of carbonyl (C=O) groups is 4. The molecular formula is C26H19ClN2O6S. The van der Waals surface area contributed by atoms with Crippen LogP contribution in [0.5, 0.6) is 0 Å². The van der Waals surface area contributed by atoms with E-state index in [-0.39, 0.29) is 27.9 Å². The summed E-state index contributed by atoms with van der Waals surface area (Å²) in [5.41, 5.74) is 2.81. The summed E-state index contributed by atoms with van der Waals surface area (Å²) in [6.07, 6.45) is 2.18. The first kappa shape index (κ1) is 23.9. The summed E-state index contributed by atoms with van der Waals surface area (Å²) < 4.78 is 5.76. The van der Waals surface area contributed by atoms with E-state index in [0.29, 0.717) is 30.2 Å². The second kappa shape index (κ2) is 9.67. The number of carboxylic acid groups (broad SMARTS) is 1. The van der Waals surface area contributed by atoms with Gasteiger partial charge >= 0.3 is 5.97 Å². The Kier molecular flexibility index (Phi) is 6.42. The third-order valence-electron chi connectivity index (χ3n) is 6.03. The molecule has 0 unspecified atom stereocenters. The van der Waals surface area contributed by atoms with Crippen molar-refractivity contribution in [3.05, 3.63) is 87.0 Å². The molecule has 2 aliphatic rings. The average Bonchev–Trinajstić information content (AvgIpc) is 3.43. The molecule has 2 aromatic carbocycles. The summed E-state index contributed by atoms with van der Waals surface area (Å²) in [5.74, 6) is -1.23. The minimum absolute atomic E-state index is 0.0239. The van der Waals surface area contributed by atoms with Crippen LogP contribution in [0.1, 0.15) is 27.2 Å². The van der Waals surface area contributed by atoms with Gasteiger partial charge in [0.15, 0.2) is 0 Å². The molecule has 0 aliphatic carbocycles. The molecule has 1 saturated heterocycles. The largest absolute Gasteiger partial charge is 0.478 e. The highest BCUT2D eigenvalue weighted by atomic mass is 35.5. The first-order chi connectivity index (χ1) is 17.3. The number of aromatic carboxylic acids is 1. The Labute approximate surface area is 215 Å². The maximum Gasteiger partial charge on any atom is 0.337 e. The van der Waals surface area contributed by atoms with Crippen LogP contribution in [-0.4, -0.2) is 51.0 Å². The van der Waals surface area contributed by atoms with Crippen LogP contribution in [-0.2, 0) is 22.6 Å². The number of benzene rings is 2. The van der Waals surface area contributed by atoms with Gasteiger partial charge in [0, 0.05) is 24.7 Å². The highest BCUT2D eigenvalue weighted by Crippen LogP contribution is 2.34. The number of hydrogen-bond acceptors (Lipinski definition) is 6. The van der Waals surface area contributed by atoms with E-state index in [2.05, 4.69) is 0 Å². The van der Waals surface area contributed by atoms with Gasteiger partial charge in [-0.2, -0.15) is 0 Å². The van der Waals surface area contributed by atoms with Crippen LogP contribution in [0.3, 0.4) is 0 Å². The first-order valence-electron chi connectivity index (χ1n) is 11.0. The Bertz CT molecular complexity index is 1450. The number of imide groups is 1. The van der Waals surface area contributed by atoms with E-state index in [1.165, 1.54) is 23.8 Å². The molecule has 0 bridgehead atoms. The maximum atomic E-state index is 12.9. The minimum Gasteiger partial charge on any atom is -0.478 e. The van der Waals surface area contributed by atoms with Crippen LogP contribution < -0.4 is 0 Å². The van der Waals surface area contributed by atoms with E-state index in [9.17, 15) is 19.2 Å². The molecule has 182 valence electrons. The molecule has 3 heterocycles. The lowest BCUT2D eigenvalue weighted by molar-refractivity contribution is -0.136. The highest BCUT2D eigenvalue weighted by Gasteiger charge is 2.37. The summed E-state index contributed by atoms with van der Waals surface area (Å²) in [4.78, 5) is 52.2. The van der Waals surface area contributed by atoms with Gasteiger partial charge in [-0.3, -0.25) is 19.3 Å². The number of hydrogen-bond donors (Lipinski definition) is 1. The van der Waals surface area contributed by atoms with Gasteiger partial charge < -0.3 is 14.4 Å². The van der Waals surface area contributed by atoms with Crippen LogP contribution in [0.4, 0.5) is 4.79 Å². The van der Waals surface area contributed by atoms with Crippen molar-refractivity contribution in [2.45, 2.75) is 13.0 Å². The fraction of sp³-hybridized carbons (Fsp3) is 0.154.